The summed E-state index contributed by atoms with van der Waals surface area (Å²) in [6, 6.07) is 2.49. The van der Waals surface area contributed by atoms with Crippen LogP contribution in [-0.4, -0.2) is 53.7 Å². The topological polar surface area (TPSA) is 71.5 Å². The molecule has 0 aromatic carbocycles. The van der Waals surface area contributed by atoms with Crippen molar-refractivity contribution in [3.63, 3.8) is 0 Å². The van der Waals surface area contributed by atoms with Gasteiger partial charge in [-0.1, -0.05) is 0 Å². The van der Waals surface area contributed by atoms with E-state index in [1.807, 2.05) is 0 Å². The number of halogens is 4. The molecule has 2 rings (SSSR count). The highest BCUT2D eigenvalue weighted by Crippen LogP contribution is 2.24. The van der Waals surface area contributed by atoms with E-state index in [4.69, 9.17) is 0 Å². The normalized spacial score (nSPS) is 15.0. The fourth-order valence-electron chi connectivity index (χ4n) is 2.02. The maximum atomic E-state index is 12.7. The molecule has 1 aromatic heterocycles. The highest BCUT2D eigenvalue weighted by molar-refractivity contribution is 5.94. The van der Waals surface area contributed by atoms with Crippen LogP contribution in [0.3, 0.4) is 0 Å². The van der Waals surface area contributed by atoms with Crippen LogP contribution in [0.25, 0.3) is 0 Å². The van der Waals surface area contributed by atoms with Gasteiger partial charge in [0.05, 0.1) is 18.4 Å². The number of pyridine rings is 1. The lowest BCUT2D eigenvalue weighted by Gasteiger charge is -2.16. The van der Waals surface area contributed by atoms with Gasteiger partial charge in [0.1, 0.15) is 0 Å². The van der Waals surface area contributed by atoms with Crippen molar-refractivity contribution < 1.29 is 31.9 Å². The van der Waals surface area contributed by atoms with Gasteiger partial charge in [0, 0.05) is 19.0 Å². The monoisotopic (exact) mass is 349 g/mol. The fraction of sp³-hybridized carbons (Fsp3) is 0.500. The van der Waals surface area contributed by atoms with E-state index in [2.05, 4.69) is 15.0 Å². The van der Waals surface area contributed by atoms with Crippen molar-refractivity contribution in [1.29, 1.82) is 0 Å². The number of alkyl halides is 4. The molecule has 1 aliphatic heterocycles. The zero-order valence-corrected chi connectivity index (χ0v) is 12.5. The molecule has 132 valence electrons. The number of hydrogen-bond acceptors (Lipinski definition) is 4. The van der Waals surface area contributed by atoms with E-state index >= 15 is 0 Å². The number of amides is 2. The maximum absolute atomic E-state index is 12.7. The van der Waals surface area contributed by atoms with Gasteiger partial charge < -0.3 is 15.0 Å². The Morgan fingerprint density at radius 1 is 1.42 bits per heavy atom. The van der Waals surface area contributed by atoms with Gasteiger partial charge in [0.2, 0.25) is 17.7 Å². The summed E-state index contributed by atoms with van der Waals surface area (Å²) >= 11 is 0. The quantitative estimate of drug-likeness (QED) is 0.764. The van der Waals surface area contributed by atoms with Crippen molar-refractivity contribution in [3.05, 3.63) is 18.3 Å². The zero-order chi connectivity index (χ0) is 17.7. The molecule has 0 saturated carbocycles. The largest absolute Gasteiger partial charge is 0.471 e. The number of nitrogens with one attached hydrogen (secondary N) is 1. The van der Waals surface area contributed by atoms with Crippen LogP contribution in [0, 0.1) is 0 Å². The molecular formula is C14H15F4N3O3. The summed E-state index contributed by atoms with van der Waals surface area (Å²) in [4.78, 5) is 28.3. The van der Waals surface area contributed by atoms with Crippen molar-refractivity contribution >= 4 is 17.5 Å². The van der Waals surface area contributed by atoms with E-state index in [1.165, 1.54) is 11.0 Å². The van der Waals surface area contributed by atoms with E-state index in [1.54, 1.807) is 0 Å². The van der Waals surface area contributed by atoms with Gasteiger partial charge in [0.25, 0.3) is 0 Å². The standard InChI is InChI=1S/C14H15F4N3O3/c15-13(16)14(17,18)8-24-11-4-3-9(6-19-11)20-10(22)7-21-5-1-2-12(21)23/h3-4,6,13H,1-2,5,7-8H2,(H,20,22). The smallest absolute Gasteiger partial charge is 0.340 e. The minimum Gasteiger partial charge on any atom is -0.471 e. The zero-order valence-electron chi connectivity index (χ0n) is 12.5. The van der Waals surface area contributed by atoms with Crippen LogP contribution in [0.1, 0.15) is 12.8 Å². The van der Waals surface area contributed by atoms with Crippen LogP contribution in [0.4, 0.5) is 23.2 Å². The summed E-state index contributed by atoms with van der Waals surface area (Å²) < 4.78 is 53.9. The average molecular weight is 349 g/mol. The van der Waals surface area contributed by atoms with Gasteiger partial charge in [-0.3, -0.25) is 9.59 Å². The summed E-state index contributed by atoms with van der Waals surface area (Å²) in [5, 5.41) is 2.49. The van der Waals surface area contributed by atoms with E-state index in [9.17, 15) is 27.2 Å². The molecule has 0 spiro atoms. The molecule has 0 aliphatic carbocycles. The molecule has 0 radical (unpaired) electrons. The number of likely N-dealkylation sites (tertiary alicyclic amines) is 1. The Bertz CT molecular complexity index is 595. The molecule has 0 bridgehead atoms. The molecule has 0 unspecified atom stereocenters. The number of rotatable bonds is 7. The van der Waals surface area contributed by atoms with Crippen molar-refractivity contribution in [1.82, 2.24) is 9.88 Å². The predicted octanol–water partition coefficient (Wildman–Crippen LogP) is 1.92. The van der Waals surface area contributed by atoms with Gasteiger partial charge in [0.15, 0.2) is 6.61 Å². The Kier molecular flexibility index (Phi) is 5.58. The SMILES string of the molecule is O=C(CN1CCCC1=O)Nc1ccc(OCC(F)(F)C(F)F)nc1. The molecule has 2 amide bonds. The lowest BCUT2D eigenvalue weighted by atomic mass is 10.3. The number of anilines is 1. The van der Waals surface area contributed by atoms with Crippen LogP contribution in [0.15, 0.2) is 18.3 Å². The van der Waals surface area contributed by atoms with Crippen molar-refractivity contribution in [2.75, 3.05) is 25.0 Å². The molecule has 10 heteroatoms. The highest BCUT2D eigenvalue weighted by atomic mass is 19.3. The highest BCUT2D eigenvalue weighted by Gasteiger charge is 2.41. The molecule has 2 heterocycles. The van der Waals surface area contributed by atoms with Gasteiger partial charge >= 0.3 is 12.3 Å². The molecule has 1 saturated heterocycles. The third kappa shape index (κ3) is 4.80. The molecule has 1 N–H and O–H groups in total. The minimum atomic E-state index is -4.27. The number of ether oxygens (including phenoxy) is 1. The van der Waals surface area contributed by atoms with E-state index < -0.39 is 24.9 Å². The molecular weight excluding hydrogens is 334 g/mol. The Balaban J connectivity index is 1.83. The first-order valence-electron chi connectivity index (χ1n) is 7.10. The summed E-state index contributed by atoms with van der Waals surface area (Å²) in [6.07, 6.45) is -1.56. The Labute approximate surface area is 134 Å². The molecule has 0 atom stereocenters. The lowest BCUT2D eigenvalue weighted by molar-refractivity contribution is -0.148. The van der Waals surface area contributed by atoms with Crippen molar-refractivity contribution in [2.45, 2.75) is 25.2 Å². The predicted molar refractivity (Wildman–Crippen MR) is 75.1 cm³/mol. The van der Waals surface area contributed by atoms with Crippen LogP contribution in [-0.2, 0) is 9.59 Å². The average Bonchev–Trinajstić information content (AvgIpc) is 2.91. The molecule has 1 fully saturated rings. The van der Waals surface area contributed by atoms with Crippen LogP contribution in [0.2, 0.25) is 0 Å². The number of aromatic nitrogens is 1. The van der Waals surface area contributed by atoms with Gasteiger partial charge in [-0.15, -0.1) is 0 Å². The summed E-state index contributed by atoms with van der Waals surface area (Å²) in [5.41, 5.74) is 0.264. The molecule has 24 heavy (non-hydrogen) atoms. The first-order chi connectivity index (χ1) is 11.3. The van der Waals surface area contributed by atoms with Gasteiger partial charge in [-0.05, 0) is 12.5 Å². The summed E-state index contributed by atoms with van der Waals surface area (Å²) in [7, 11) is 0. The number of hydrogen-bond donors (Lipinski definition) is 1. The second-order valence-corrected chi connectivity index (χ2v) is 5.20. The first-order valence-corrected chi connectivity index (χ1v) is 7.10. The first kappa shape index (κ1) is 18.0. The minimum absolute atomic E-state index is 0.0856. The summed E-state index contributed by atoms with van der Waals surface area (Å²) in [5.74, 6) is -5.06. The number of carbonyl (C=O) groups excluding carboxylic acids is 2. The van der Waals surface area contributed by atoms with Crippen LogP contribution < -0.4 is 10.1 Å². The molecule has 1 aliphatic rings. The molecule has 6 nitrogen and oxygen atoms in total. The van der Waals surface area contributed by atoms with Crippen molar-refractivity contribution in [2.24, 2.45) is 0 Å². The van der Waals surface area contributed by atoms with Crippen LogP contribution >= 0.6 is 0 Å². The van der Waals surface area contributed by atoms with Crippen LogP contribution in [0.5, 0.6) is 5.88 Å². The maximum Gasteiger partial charge on any atom is 0.340 e. The van der Waals surface area contributed by atoms with E-state index in [0.29, 0.717) is 19.4 Å². The van der Waals surface area contributed by atoms with E-state index in [-0.39, 0.29) is 24.0 Å². The Morgan fingerprint density at radius 3 is 2.71 bits per heavy atom. The molecule has 1 aromatic rings. The number of carbonyl (C=O) groups is 2. The second-order valence-electron chi connectivity index (χ2n) is 5.20. The van der Waals surface area contributed by atoms with Gasteiger partial charge in [-0.25, -0.2) is 13.8 Å². The lowest BCUT2D eigenvalue weighted by Crippen LogP contribution is -2.34. The second kappa shape index (κ2) is 7.45. The number of nitrogens with zero attached hydrogens (tertiary/aromatic N) is 2. The fourth-order valence-corrected chi connectivity index (χ4v) is 2.02. The van der Waals surface area contributed by atoms with E-state index in [0.717, 1.165) is 12.3 Å². The van der Waals surface area contributed by atoms with Crippen molar-refractivity contribution in [3.8, 4) is 5.88 Å². The third-order valence-corrected chi connectivity index (χ3v) is 3.26. The summed E-state index contributed by atoms with van der Waals surface area (Å²) in [6.45, 7) is -1.06. The Morgan fingerprint density at radius 2 is 2.17 bits per heavy atom. The Hall–Kier alpha value is -2.39. The third-order valence-electron chi connectivity index (χ3n) is 3.26. The van der Waals surface area contributed by atoms with Gasteiger partial charge in [-0.2, -0.15) is 8.78 Å².